The average molecular weight is 258 g/mol. The monoisotopic (exact) mass is 258 g/mol. The molecule has 0 aliphatic heterocycles. The minimum atomic E-state index is -1.05. The first-order valence-corrected chi connectivity index (χ1v) is 6.80. The van der Waals surface area contributed by atoms with Gasteiger partial charge >= 0.3 is 5.97 Å². The smallest absolute Gasteiger partial charge is 0.306 e. The van der Waals surface area contributed by atoms with Gasteiger partial charge in [0.15, 0.2) is 0 Å². The first-order chi connectivity index (χ1) is 9.08. The van der Waals surface area contributed by atoms with Gasteiger partial charge in [-0.2, -0.15) is 0 Å². The molecule has 0 saturated heterocycles. The number of hydrogen-bond acceptors (Lipinski definition) is 2. The highest BCUT2D eigenvalue weighted by atomic mass is 16.4. The normalized spacial score (nSPS) is 33.0. The van der Waals surface area contributed by atoms with Gasteiger partial charge in [-0.15, -0.1) is 0 Å². The molecule has 0 radical (unpaired) electrons. The molecule has 3 aliphatic carbocycles. The molecule has 1 saturated carbocycles. The number of carboxylic acids is 1. The van der Waals surface area contributed by atoms with Crippen LogP contribution in [0, 0.1) is 11.8 Å². The van der Waals surface area contributed by atoms with Crippen molar-refractivity contribution in [2.24, 2.45) is 11.8 Å². The summed E-state index contributed by atoms with van der Waals surface area (Å²) in [5.41, 5.74) is 1.44. The molecule has 0 unspecified atom stereocenters. The fourth-order valence-corrected chi connectivity index (χ4v) is 3.61. The number of carbonyl (C=O) groups is 1. The summed E-state index contributed by atoms with van der Waals surface area (Å²) in [6.45, 7) is 0. The predicted molar refractivity (Wildman–Crippen MR) is 72.5 cm³/mol. The second-order valence-electron chi connectivity index (χ2n) is 5.75. The molecule has 0 aromatic heterocycles. The molecule has 2 bridgehead atoms. The van der Waals surface area contributed by atoms with Crippen molar-refractivity contribution in [1.29, 1.82) is 0 Å². The van der Waals surface area contributed by atoms with E-state index in [1.807, 2.05) is 18.2 Å². The van der Waals surface area contributed by atoms with Gasteiger partial charge in [-0.1, -0.05) is 36.4 Å². The van der Waals surface area contributed by atoms with Crippen molar-refractivity contribution < 1.29 is 15.0 Å². The van der Waals surface area contributed by atoms with Crippen molar-refractivity contribution >= 4 is 11.5 Å². The highest BCUT2D eigenvalue weighted by molar-refractivity contribution is 5.72. The Labute approximate surface area is 112 Å². The van der Waals surface area contributed by atoms with Crippen LogP contribution in [0.5, 0.6) is 0 Å². The summed E-state index contributed by atoms with van der Waals surface area (Å²) in [4.78, 5) is 10.9. The molecule has 1 aromatic carbocycles. The molecule has 1 aromatic rings. The van der Waals surface area contributed by atoms with Gasteiger partial charge < -0.3 is 10.2 Å². The zero-order valence-corrected chi connectivity index (χ0v) is 10.7. The zero-order chi connectivity index (χ0) is 13.5. The first kappa shape index (κ1) is 12.4. The van der Waals surface area contributed by atoms with Crippen molar-refractivity contribution in [1.82, 2.24) is 0 Å². The van der Waals surface area contributed by atoms with Gasteiger partial charge in [0, 0.05) is 5.92 Å². The Balaban J connectivity index is 1.92. The summed E-state index contributed by atoms with van der Waals surface area (Å²) in [6.07, 6.45) is 4.48. The fraction of sp³-hybridized carbons (Fsp3) is 0.438. The van der Waals surface area contributed by atoms with Gasteiger partial charge in [0.2, 0.25) is 0 Å². The van der Waals surface area contributed by atoms with Gasteiger partial charge in [0.05, 0.1) is 12.0 Å². The molecule has 0 amide bonds. The maximum atomic E-state index is 10.9. The highest BCUT2D eigenvalue weighted by Gasteiger charge is 2.47. The molecule has 3 aliphatic rings. The summed E-state index contributed by atoms with van der Waals surface area (Å²) in [6, 6.07) is 10.2. The molecule has 0 heterocycles. The van der Waals surface area contributed by atoms with Gasteiger partial charge in [-0.25, -0.2) is 0 Å². The Morgan fingerprint density at radius 3 is 2.58 bits per heavy atom. The molecule has 3 heteroatoms. The number of fused-ring (bicyclic) bond motifs is 2. The number of carboxylic acid groups (broad SMARTS) is 1. The molecular weight excluding hydrogens is 240 g/mol. The van der Waals surface area contributed by atoms with Crippen LogP contribution in [-0.2, 0) is 4.79 Å². The minimum Gasteiger partial charge on any atom is -0.481 e. The zero-order valence-electron chi connectivity index (χ0n) is 10.7. The third-order valence-electron chi connectivity index (χ3n) is 4.50. The van der Waals surface area contributed by atoms with Crippen LogP contribution in [0.2, 0.25) is 0 Å². The van der Waals surface area contributed by atoms with Crippen LogP contribution in [0.15, 0.2) is 36.4 Å². The van der Waals surface area contributed by atoms with Crippen LogP contribution in [-0.4, -0.2) is 21.8 Å². The summed E-state index contributed by atoms with van der Waals surface area (Å²) >= 11 is 0. The summed E-state index contributed by atoms with van der Waals surface area (Å²) in [5.74, 6) is -0.648. The summed E-state index contributed by atoms with van der Waals surface area (Å²) < 4.78 is 0. The van der Waals surface area contributed by atoms with E-state index in [2.05, 4.69) is 18.2 Å². The topological polar surface area (TPSA) is 57.5 Å². The van der Waals surface area contributed by atoms with E-state index in [1.165, 1.54) is 11.1 Å². The minimum absolute atomic E-state index is 0.0243. The number of aliphatic carboxylic acids is 1. The molecule has 19 heavy (non-hydrogen) atoms. The lowest BCUT2D eigenvalue weighted by Crippen LogP contribution is -2.47. The number of aliphatic hydroxyl groups is 1. The molecule has 2 N–H and O–H groups in total. The lowest BCUT2D eigenvalue weighted by molar-refractivity contribution is -0.147. The van der Waals surface area contributed by atoms with Gasteiger partial charge in [0.25, 0.3) is 0 Å². The predicted octanol–water partition coefficient (Wildman–Crippen LogP) is 2.71. The van der Waals surface area contributed by atoms with Crippen LogP contribution in [0.1, 0.15) is 31.2 Å². The molecule has 3 atom stereocenters. The molecule has 0 spiro atoms. The number of rotatable bonds is 3. The van der Waals surface area contributed by atoms with E-state index in [0.29, 0.717) is 6.42 Å². The van der Waals surface area contributed by atoms with Crippen LogP contribution < -0.4 is 0 Å². The lowest BCUT2D eigenvalue weighted by Gasteiger charge is -2.47. The van der Waals surface area contributed by atoms with E-state index in [9.17, 15) is 9.90 Å². The van der Waals surface area contributed by atoms with Gasteiger partial charge in [-0.05, 0) is 36.3 Å². The Kier molecular flexibility index (Phi) is 2.94. The Bertz CT molecular complexity index is 520. The van der Waals surface area contributed by atoms with Crippen LogP contribution in [0.3, 0.4) is 0 Å². The second kappa shape index (κ2) is 4.49. The molecular formula is C16H18O3. The Morgan fingerprint density at radius 2 is 2.00 bits per heavy atom. The molecule has 1 fully saturated rings. The van der Waals surface area contributed by atoms with Crippen molar-refractivity contribution in [3.8, 4) is 0 Å². The van der Waals surface area contributed by atoms with E-state index in [0.717, 1.165) is 12.8 Å². The van der Waals surface area contributed by atoms with Crippen molar-refractivity contribution in [2.75, 3.05) is 0 Å². The van der Waals surface area contributed by atoms with E-state index in [-0.39, 0.29) is 18.3 Å². The van der Waals surface area contributed by atoms with E-state index < -0.39 is 11.6 Å². The standard InChI is InChI=1S/C16H18O3/c17-15(18)10-16(19)9-12-6-7-13(16)8-14(12)11-4-2-1-3-5-11/h1-5,8,12-13,19H,6-7,9-10H2,(H,17,18)/t12-,13-,16-/m0/s1. The maximum Gasteiger partial charge on any atom is 0.306 e. The largest absolute Gasteiger partial charge is 0.481 e. The van der Waals surface area contributed by atoms with Crippen LogP contribution in [0.25, 0.3) is 5.57 Å². The summed E-state index contributed by atoms with van der Waals surface area (Å²) in [5, 5.41) is 19.5. The quantitative estimate of drug-likeness (QED) is 0.876. The van der Waals surface area contributed by atoms with E-state index >= 15 is 0 Å². The van der Waals surface area contributed by atoms with Crippen LogP contribution >= 0.6 is 0 Å². The third kappa shape index (κ3) is 2.19. The van der Waals surface area contributed by atoms with Crippen molar-refractivity contribution in [3.63, 3.8) is 0 Å². The second-order valence-corrected chi connectivity index (χ2v) is 5.75. The molecule has 100 valence electrons. The fourth-order valence-electron chi connectivity index (χ4n) is 3.61. The number of benzene rings is 1. The molecule has 3 nitrogen and oxygen atoms in total. The van der Waals surface area contributed by atoms with Crippen molar-refractivity contribution in [3.05, 3.63) is 42.0 Å². The third-order valence-corrected chi connectivity index (χ3v) is 4.50. The first-order valence-electron chi connectivity index (χ1n) is 6.80. The van der Waals surface area contributed by atoms with Gasteiger partial charge in [0.1, 0.15) is 0 Å². The molecule has 4 rings (SSSR count). The Hall–Kier alpha value is -1.61. The van der Waals surface area contributed by atoms with Crippen molar-refractivity contribution in [2.45, 2.75) is 31.3 Å². The van der Waals surface area contributed by atoms with Gasteiger partial charge in [-0.3, -0.25) is 4.79 Å². The highest BCUT2D eigenvalue weighted by Crippen LogP contribution is 2.50. The van der Waals surface area contributed by atoms with E-state index in [4.69, 9.17) is 5.11 Å². The average Bonchev–Trinajstić information content (AvgIpc) is 2.39. The SMILES string of the molecule is O=C(O)C[C@@]1(O)C[C@@H]2CC[C@H]1C=C2c1ccccc1. The number of hydrogen-bond donors (Lipinski definition) is 2. The lowest BCUT2D eigenvalue weighted by atomic mass is 9.61. The maximum absolute atomic E-state index is 10.9. The summed E-state index contributed by atoms with van der Waals surface area (Å²) in [7, 11) is 0. The van der Waals surface area contributed by atoms with E-state index in [1.54, 1.807) is 0 Å². The Morgan fingerprint density at radius 1 is 1.26 bits per heavy atom. The van der Waals surface area contributed by atoms with Crippen LogP contribution in [0.4, 0.5) is 0 Å². The number of allylic oxidation sites excluding steroid dienone is 1.